The van der Waals surface area contributed by atoms with Crippen molar-refractivity contribution in [2.24, 2.45) is 10.7 Å². The van der Waals surface area contributed by atoms with Gasteiger partial charge in [0.15, 0.2) is 11.3 Å². The summed E-state index contributed by atoms with van der Waals surface area (Å²) in [6.07, 6.45) is 6.11. The molecule has 2 N–H and O–H groups in total. The average Bonchev–Trinajstić information content (AvgIpc) is 3.04. The van der Waals surface area contributed by atoms with E-state index in [9.17, 15) is 4.39 Å². The molecule has 5 rings (SSSR count). The van der Waals surface area contributed by atoms with E-state index in [0.29, 0.717) is 17.1 Å². The molecule has 3 aromatic rings. The van der Waals surface area contributed by atoms with E-state index in [1.165, 1.54) is 12.3 Å². The number of halogens is 1. The van der Waals surface area contributed by atoms with Crippen LogP contribution in [0, 0.1) is 5.82 Å². The quantitative estimate of drug-likeness (QED) is 0.731. The Morgan fingerprint density at radius 1 is 0.962 bits per heavy atom. The molecular weight excluding hydrogens is 335 g/mol. The van der Waals surface area contributed by atoms with Crippen LogP contribution in [0.1, 0.15) is 11.1 Å². The summed E-state index contributed by atoms with van der Waals surface area (Å²) in [7, 11) is 0. The highest BCUT2D eigenvalue weighted by Gasteiger charge is 2.47. The second-order valence-corrected chi connectivity index (χ2v) is 6.18. The summed E-state index contributed by atoms with van der Waals surface area (Å²) in [5.41, 5.74) is 8.12. The topological polar surface area (TPSA) is 82.6 Å². The van der Waals surface area contributed by atoms with Crippen LogP contribution in [-0.4, -0.2) is 22.6 Å². The third kappa shape index (κ3) is 2.07. The van der Waals surface area contributed by atoms with Gasteiger partial charge in [-0.05, 0) is 29.8 Å². The van der Waals surface area contributed by atoms with E-state index in [4.69, 9.17) is 15.2 Å². The molecule has 128 valence electrons. The second kappa shape index (κ2) is 5.26. The van der Waals surface area contributed by atoms with Crippen molar-refractivity contribution in [1.82, 2.24) is 9.97 Å². The molecule has 1 unspecified atom stereocenters. The van der Waals surface area contributed by atoms with E-state index < -0.39 is 11.4 Å². The predicted octanol–water partition coefficient (Wildman–Crippen LogP) is 2.98. The summed E-state index contributed by atoms with van der Waals surface area (Å²) in [5.74, 6) is 0.858. The van der Waals surface area contributed by atoms with Gasteiger partial charge >= 0.3 is 0 Å². The number of nitrogens with zero attached hydrogens (tertiary/aromatic N) is 3. The lowest BCUT2D eigenvalue weighted by Crippen LogP contribution is -2.31. The fourth-order valence-electron chi connectivity index (χ4n) is 3.47. The van der Waals surface area contributed by atoms with Gasteiger partial charge in [0.1, 0.15) is 18.2 Å². The Morgan fingerprint density at radius 2 is 1.88 bits per heavy atom. The van der Waals surface area contributed by atoms with Crippen LogP contribution < -0.4 is 10.5 Å². The molecule has 2 aliphatic heterocycles. The largest absolute Gasteiger partial charge is 0.462 e. The zero-order chi connectivity index (χ0) is 17.7. The SMILES string of the molecule is NC1=NC2(CO1)c1ccncc1Oc1ccc(-c3cncc(F)c3)cc12. The first-order valence-electron chi connectivity index (χ1n) is 8.02. The van der Waals surface area contributed by atoms with Crippen LogP contribution in [-0.2, 0) is 10.3 Å². The van der Waals surface area contributed by atoms with Crippen molar-refractivity contribution in [2.45, 2.75) is 5.54 Å². The number of hydrogen-bond acceptors (Lipinski definition) is 6. The standard InChI is InChI=1S/C19H13FN4O2/c20-13-5-12(7-23-8-13)11-1-2-16-15(6-11)19(10-25-18(21)24-19)14-3-4-22-9-17(14)26-16/h1-9H,10H2,(H2,21,24). The van der Waals surface area contributed by atoms with Gasteiger partial charge in [0.05, 0.1) is 12.4 Å². The number of pyridine rings is 2. The van der Waals surface area contributed by atoms with Crippen molar-refractivity contribution in [3.63, 3.8) is 0 Å². The number of benzene rings is 1. The summed E-state index contributed by atoms with van der Waals surface area (Å²) in [6, 6.07) is 9.01. The van der Waals surface area contributed by atoms with Crippen LogP contribution in [0.25, 0.3) is 11.1 Å². The van der Waals surface area contributed by atoms with E-state index in [-0.39, 0.29) is 12.6 Å². The molecule has 2 aliphatic rings. The molecule has 4 heterocycles. The van der Waals surface area contributed by atoms with Crippen molar-refractivity contribution < 1.29 is 13.9 Å². The number of hydrogen-bond donors (Lipinski definition) is 1. The third-order valence-electron chi connectivity index (χ3n) is 4.64. The molecule has 0 aliphatic carbocycles. The van der Waals surface area contributed by atoms with Crippen molar-refractivity contribution in [2.75, 3.05) is 6.61 Å². The van der Waals surface area contributed by atoms with Gasteiger partial charge in [0, 0.05) is 29.1 Å². The van der Waals surface area contributed by atoms with Crippen molar-refractivity contribution in [3.05, 3.63) is 72.1 Å². The lowest BCUT2D eigenvalue weighted by atomic mass is 9.81. The minimum atomic E-state index is -0.813. The monoisotopic (exact) mass is 348 g/mol. The Balaban J connectivity index is 1.74. The van der Waals surface area contributed by atoms with Gasteiger partial charge in [0.25, 0.3) is 6.02 Å². The molecule has 1 spiro atoms. The normalized spacial score (nSPS) is 20.0. The summed E-state index contributed by atoms with van der Waals surface area (Å²) >= 11 is 0. The zero-order valence-electron chi connectivity index (χ0n) is 13.5. The van der Waals surface area contributed by atoms with E-state index in [1.807, 2.05) is 24.3 Å². The number of ether oxygens (including phenoxy) is 2. The molecule has 0 radical (unpaired) electrons. The van der Waals surface area contributed by atoms with E-state index in [2.05, 4.69) is 15.0 Å². The Bertz CT molecular complexity index is 1070. The minimum Gasteiger partial charge on any atom is -0.462 e. The third-order valence-corrected chi connectivity index (χ3v) is 4.64. The molecule has 6 nitrogen and oxygen atoms in total. The molecule has 1 aromatic carbocycles. The molecule has 0 saturated heterocycles. The van der Waals surface area contributed by atoms with Crippen LogP contribution in [0.5, 0.6) is 11.5 Å². The zero-order valence-corrected chi connectivity index (χ0v) is 13.5. The predicted molar refractivity (Wildman–Crippen MR) is 92.3 cm³/mol. The smallest absolute Gasteiger partial charge is 0.283 e. The van der Waals surface area contributed by atoms with Crippen molar-refractivity contribution >= 4 is 6.02 Å². The lowest BCUT2D eigenvalue weighted by molar-refractivity contribution is 0.264. The number of rotatable bonds is 1. The molecule has 1 atom stereocenters. The van der Waals surface area contributed by atoms with Crippen LogP contribution >= 0.6 is 0 Å². The molecule has 0 fully saturated rings. The molecule has 26 heavy (non-hydrogen) atoms. The molecule has 7 heteroatoms. The molecule has 0 amide bonds. The molecule has 0 saturated carbocycles. The molecule has 2 aromatic heterocycles. The van der Waals surface area contributed by atoms with Gasteiger partial charge in [-0.1, -0.05) is 6.07 Å². The maximum Gasteiger partial charge on any atom is 0.283 e. The van der Waals surface area contributed by atoms with Crippen LogP contribution in [0.4, 0.5) is 4.39 Å². The molecule has 0 bridgehead atoms. The fraction of sp³-hybridized carbons (Fsp3) is 0.105. The first kappa shape index (κ1) is 14.8. The van der Waals surface area contributed by atoms with Gasteiger partial charge in [0.2, 0.25) is 0 Å². The van der Waals surface area contributed by atoms with Crippen molar-refractivity contribution in [3.8, 4) is 22.6 Å². The maximum absolute atomic E-state index is 13.6. The Hall–Kier alpha value is -3.48. The molecular formula is C19H13FN4O2. The van der Waals surface area contributed by atoms with E-state index >= 15 is 0 Å². The van der Waals surface area contributed by atoms with Crippen LogP contribution in [0.2, 0.25) is 0 Å². The van der Waals surface area contributed by atoms with Gasteiger partial charge in [-0.2, -0.15) is 0 Å². The first-order chi connectivity index (χ1) is 12.7. The second-order valence-electron chi connectivity index (χ2n) is 6.18. The first-order valence-corrected chi connectivity index (χ1v) is 8.02. The Kier molecular flexibility index (Phi) is 3.00. The number of nitrogens with two attached hydrogens (primary N) is 1. The maximum atomic E-state index is 13.6. The van der Waals surface area contributed by atoms with Gasteiger partial charge < -0.3 is 15.2 Å². The average molecular weight is 348 g/mol. The minimum absolute atomic E-state index is 0.124. The van der Waals surface area contributed by atoms with E-state index in [0.717, 1.165) is 16.7 Å². The fourth-order valence-corrected chi connectivity index (χ4v) is 3.47. The number of fused-ring (bicyclic) bond motifs is 4. The summed E-state index contributed by atoms with van der Waals surface area (Å²) in [4.78, 5) is 12.6. The van der Waals surface area contributed by atoms with Gasteiger partial charge in [-0.25, -0.2) is 9.38 Å². The highest BCUT2D eigenvalue weighted by Crippen LogP contribution is 2.51. The van der Waals surface area contributed by atoms with Crippen LogP contribution in [0.15, 0.2) is 60.1 Å². The van der Waals surface area contributed by atoms with Crippen molar-refractivity contribution in [1.29, 1.82) is 0 Å². The lowest BCUT2D eigenvalue weighted by Gasteiger charge is -2.33. The summed E-state index contributed by atoms with van der Waals surface area (Å²) < 4.78 is 25.1. The Labute approximate surface area is 148 Å². The van der Waals surface area contributed by atoms with E-state index in [1.54, 1.807) is 18.6 Å². The number of amidine groups is 1. The van der Waals surface area contributed by atoms with Crippen LogP contribution in [0.3, 0.4) is 0 Å². The highest BCUT2D eigenvalue weighted by atomic mass is 19.1. The summed E-state index contributed by atoms with van der Waals surface area (Å²) in [6.45, 7) is 0.261. The van der Waals surface area contributed by atoms with Gasteiger partial charge in [-0.15, -0.1) is 0 Å². The number of aromatic nitrogens is 2. The highest BCUT2D eigenvalue weighted by molar-refractivity contribution is 5.77. The van der Waals surface area contributed by atoms with Gasteiger partial charge in [-0.3, -0.25) is 9.97 Å². The Morgan fingerprint density at radius 3 is 2.69 bits per heavy atom. The number of aliphatic imine (C=N–C) groups is 1. The summed E-state index contributed by atoms with van der Waals surface area (Å²) in [5, 5.41) is 0.